The molecular formula is C11H18N2O9. The lowest BCUT2D eigenvalue weighted by Gasteiger charge is -2.35. The van der Waals surface area contributed by atoms with Crippen molar-refractivity contribution in [3.05, 3.63) is 0 Å². The van der Waals surface area contributed by atoms with Gasteiger partial charge in [0.25, 0.3) is 0 Å². The molecule has 0 rings (SSSR count). The van der Waals surface area contributed by atoms with Gasteiger partial charge in [-0.15, -0.1) is 0 Å². The number of nitrogens with zero attached hydrogens (tertiary/aromatic N) is 1. The van der Waals surface area contributed by atoms with Gasteiger partial charge in [-0.25, -0.2) is 4.79 Å². The summed E-state index contributed by atoms with van der Waals surface area (Å²) in [6.45, 7) is -0.0746. The standard InChI is InChI=1S/C11H18N2O9/c1-11(22,13(10(20)21)3-2-7(14)15)5-12-6(9(18)19)4-8(16)17/h6,12,22H,2-5H2,1H3,(H,14,15)(H,16,17)(H,18,19)(H,20,21). The maximum atomic E-state index is 11.0. The Kier molecular flexibility index (Phi) is 7.25. The van der Waals surface area contributed by atoms with E-state index in [1.165, 1.54) is 0 Å². The summed E-state index contributed by atoms with van der Waals surface area (Å²) in [4.78, 5) is 43.3. The second-order valence-corrected chi connectivity index (χ2v) is 4.66. The molecule has 2 unspecified atom stereocenters. The Hall–Kier alpha value is -2.40. The summed E-state index contributed by atoms with van der Waals surface area (Å²) in [6.07, 6.45) is -2.92. The molecule has 0 saturated heterocycles. The molecule has 2 atom stereocenters. The third-order valence-corrected chi connectivity index (χ3v) is 2.72. The minimum absolute atomic E-state index is 0.424. The molecule has 0 aliphatic rings. The van der Waals surface area contributed by atoms with Crippen LogP contribution in [-0.4, -0.2) is 79.3 Å². The second kappa shape index (κ2) is 8.14. The third-order valence-electron chi connectivity index (χ3n) is 2.72. The van der Waals surface area contributed by atoms with Crippen LogP contribution >= 0.6 is 0 Å². The van der Waals surface area contributed by atoms with Gasteiger partial charge < -0.3 is 25.5 Å². The minimum Gasteiger partial charge on any atom is -0.481 e. The van der Waals surface area contributed by atoms with Crippen LogP contribution in [0.15, 0.2) is 0 Å². The van der Waals surface area contributed by atoms with Crippen LogP contribution in [-0.2, 0) is 14.4 Å². The predicted molar refractivity (Wildman–Crippen MR) is 69.3 cm³/mol. The van der Waals surface area contributed by atoms with E-state index in [1.54, 1.807) is 0 Å². The van der Waals surface area contributed by atoms with Crippen molar-refractivity contribution in [2.24, 2.45) is 0 Å². The number of nitrogens with one attached hydrogen (secondary N) is 1. The molecule has 11 nitrogen and oxygen atoms in total. The number of hydrogen-bond acceptors (Lipinski definition) is 6. The van der Waals surface area contributed by atoms with Crippen LogP contribution < -0.4 is 5.32 Å². The van der Waals surface area contributed by atoms with E-state index in [0.717, 1.165) is 6.92 Å². The zero-order valence-corrected chi connectivity index (χ0v) is 11.7. The van der Waals surface area contributed by atoms with Crippen molar-refractivity contribution in [1.29, 1.82) is 0 Å². The zero-order valence-electron chi connectivity index (χ0n) is 11.7. The fourth-order valence-corrected chi connectivity index (χ4v) is 1.58. The number of carboxylic acids is 3. The summed E-state index contributed by atoms with van der Waals surface area (Å²) in [5.74, 6) is -4.14. The summed E-state index contributed by atoms with van der Waals surface area (Å²) in [6, 6.07) is -1.53. The van der Waals surface area contributed by atoms with Crippen LogP contribution in [0.4, 0.5) is 4.79 Å². The number of amides is 1. The second-order valence-electron chi connectivity index (χ2n) is 4.66. The number of carbonyl (C=O) groups is 4. The lowest BCUT2D eigenvalue weighted by molar-refractivity contribution is -0.147. The van der Waals surface area contributed by atoms with E-state index in [0.29, 0.717) is 4.90 Å². The Balaban J connectivity index is 4.86. The van der Waals surface area contributed by atoms with Crippen LogP contribution in [0.3, 0.4) is 0 Å². The maximum absolute atomic E-state index is 11.0. The maximum Gasteiger partial charge on any atom is 0.409 e. The monoisotopic (exact) mass is 322 g/mol. The van der Waals surface area contributed by atoms with E-state index in [4.69, 9.17) is 20.4 Å². The highest BCUT2D eigenvalue weighted by Crippen LogP contribution is 2.12. The first-order chi connectivity index (χ1) is 9.97. The highest BCUT2D eigenvalue weighted by molar-refractivity contribution is 5.80. The zero-order chi connectivity index (χ0) is 17.5. The molecule has 0 saturated carbocycles. The molecule has 0 bridgehead atoms. The van der Waals surface area contributed by atoms with Gasteiger partial charge in [0.2, 0.25) is 0 Å². The van der Waals surface area contributed by atoms with Gasteiger partial charge in [-0.2, -0.15) is 0 Å². The Bertz CT molecular complexity index is 449. The van der Waals surface area contributed by atoms with Gasteiger partial charge in [-0.1, -0.05) is 0 Å². The Morgan fingerprint density at radius 1 is 1.09 bits per heavy atom. The van der Waals surface area contributed by atoms with Crippen LogP contribution in [0.25, 0.3) is 0 Å². The van der Waals surface area contributed by atoms with Gasteiger partial charge >= 0.3 is 24.0 Å². The van der Waals surface area contributed by atoms with Crippen LogP contribution in [0.1, 0.15) is 19.8 Å². The van der Waals surface area contributed by atoms with Gasteiger partial charge in [-0.05, 0) is 6.92 Å². The SMILES string of the molecule is CC(O)(CNC(CC(=O)O)C(=O)O)N(CCC(=O)O)C(=O)O. The molecule has 0 heterocycles. The minimum atomic E-state index is -2.12. The number of aliphatic hydroxyl groups is 1. The Morgan fingerprint density at radius 2 is 1.64 bits per heavy atom. The quantitative estimate of drug-likeness (QED) is 0.263. The van der Waals surface area contributed by atoms with E-state index in [-0.39, 0.29) is 0 Å². The van der Waals surface area contributed by atoms with E-state index >= 15 is 0 Å². The lowest BCUT2D eigenvalue weighted by Crippen LogP contribution is -2.57. The summed E-state index contributed by atoms with van der Waals surface area (Å²) in [5, 5.41) is 47.2. The summed E-state index contributed by atoms with van der Waals surface area (Å²) in [7, 11) is 0. The van der Waals surface area contributed by atoms with Crippen molar-refractivity contribution in [2.75, 3.05) is 13.1 Å². The molecule has 0 aromatic rings. The van der Waals surface area contributed by atoms with Crippen molar-refractivity contribution < 1.29 is 44.7 Å². The Morgan fingerprint density at radius 3 is 2.00 bits per heavy atom. The van der Waals surface area contributed by atoms with Crippen molar-refractivity contribution >= 4 is 24.0 Å². The molecule has 0 aliphatic heterocycles. The molecule has 0 aromatic carbocycles. The normalized spacial score (nSPS) is 14.6. The lowest BCUT2D eigenvalue weighted by atomic mass is 10.1. The van der Waals surface area contributed by atoms with Gasteiger partial charge in [0.05, 0.1) is 12.8 Å². The summed E-state index contributed by atoms with van der Waals surface area (Å²) >= 11 is 0. The number of aliphatic carboxylic acids is 3. The molecule has 0 radical (unpaired) electrons. The molecule has 11 heteroatoms. The van der Waals surface area contributed by atoms with Crippen molar-refractivity contribution in [3.8, 4) is 0 Å². The molecule has 22 heavy (non-hydrogen) atoms. The highest BCUT2D eigenvalue weighted by atomic mass is 16.4. The summed E-state index contributed by atoms with van der Waals surface area (Å²) < 4.78 is 0. The molecule has 6 N–H and O–H groups in total. The fourth-order valence-electron chi connectivity index (χ4n) is 1.58. The predicted octanol–water partition coefficient (Wildman–Crippen LogP) is -1.33. The van der Waals surface area contributed by atoms with Crippen molar-refractivity contribution in [2.45, 2.75) is 31.5 Å². The first kappa shape index (κ1) is 19.6. The topological polar surface area (TPSA) is 185 Å². The van der Waals surface area contributed by atoms with Gasteiger partial charge in [0.15, 0.2) is 5.72 Å². The molecule has 0 aromatic heterocycles. The van der Waals surface area contributed by atoms with Gasteiger partial charge in [-0.3, -0.25) is 24.6 Å². The highest BCUT2D eigenvalue weighted by Gasteiger charge is 2.35. The van der Waals surface area contributed by atoms with Crippen LogP contribution in [0.5, 0.6) is 0 Å². The summed E-state index contributed by atoms with van der Waals surface area (Å²) in [5.41, 5.74) is -2.12. The molecule has 0 spiro atoms. The average Bonchev–Trinajstić information content (AvgIpc) is 2.32. The smallest absolute Gasteiger partial charge is 0.409 e. The third kappa shape index (κ3) is 6.85. The number of rotatable bonds is 10. The largest absolute Gasteiger partial charge is 0.481 e. The average molecular weight is 322 g/mol. The molecule has 0 aliphatic carbocycles. The molecule has 0 fully saturated rings. The van der Waals surface area contributed by atoms with Crippen molar-refractivity contribution in [1.82, 2.24) is 10.2 Å². The number of carboxylic acid groups (broad SMARTS) is 4. The Labute approximate surface area is 124 Å². The van der Waals surface area contributed by atoms with E-state index in [2.05, 4.69) is 5.32 Å². The van der Waals surface area contributed by atoms with Crippen molar-refractivity contribution in [3.63, 3.8) is 0 Å². The first-order valence-corrected chi connectivity index (χ1v) is 6.10. The van der Waals surface area contributed by atoms with Gasteiger partial charge in [0, 0.05) is 13.1 Å². The van der Waals surface area contributed by atoms with Gasteiger partial charge in [0.1, 0.15) is 6.04 Å². The molecule has 126 valence electrons. The molecule has 1 amide bonds. The van der Waals surface area contributed by atoms with Crippen LogP contribution in [0, 0.1) is 0 Å². The number of hydrogen-bond donors (Lipinski definition) is 6. The van der Waals surface area contributed by atoms with E-state index in [9.17, 15) is 24.3 Å². The molecular weight excluding hydrogens is 304 g/mol. The van der Waals surface area contributed by atoms with E-state index in [1.807, 2.05) is 0 Å². The van der Waals surface area contributed by atoms with E-state index < -0.39 is 61.7 Å². The first-order valence-electron chi connectivity index (χ1n) is 6.10. The fraction of sp³-hybridized carbons (Fsp3) is 0.636. The van der Waals surface area contributed by atoms with Crippen LogP contribution in [0.2, 0.25) is 0 Å².